The third-order valence-electron chi connectivity index (χ3n) is 3.95. The van der Waals surface area contributed by atoms with Gasteiger partial charge in [-0.25, -0.2) is 9.37 Å². The number of aromatic nitrogens is 2. The lowest BCUT2D eigenvalue weighted by atomic mass is 10.2. The summed E-state index contributed by atoms with van der Waals surface area (Å²) >= 11 is 0. The number of hydrogen-bond acceptors (Lipinski definition) is 5. The Morgan fingerprint density at radius 2 is 1.64 bits per heavy atom. The third kappa shape index (κ3) is 4.30. The van der Waals surface area contributed by atoms with E-state index >= 15 is 0 Å². The Morgan fingerprint density at radius 3 is 2.21 bits per heavy atom. The number of ether oxygens (including phenoxy) is 1. The van der Waals surface area contributed by atoms with Crippen molar-refractivity contribution in [2.45, 2.75) is 6.18 Å². The highest BCUT2D eigenvalue weighted by Gasteiger charge is 2.36. The number of nitrogens with one attached hydrogen (secondary N) is 1. The Labute approximate surface area is 158 Å². The fourth-order valence-electron chi connectivity index (χ4n) is 2.48. The molecule has 3 aromatic rings. The van der Waals surface area contributed by atoms with Gasteiger partial charge in [0.2, 0.25) is 5.95 Å². The topological polar surface area (TPSA) is 50.3 Å². The van der Waals surface area contributed by atoms with Crippen LogP contribution in [0.3, 0.4) is 0 Å². The first kappa shape index (κ1) is 19.4. The molecule has 5 nitrogen and oxygen atoms in total. The quantitative estimate of drug-likeness (QED) is 0.608. The molecule has 0 saturated carbocycles. The van der Waals surface area contributed by atoms with Crippen LogP contribution in [0.25, 0.3) is 0 Å². The molecule has 0 fully saturated rings. The summed E-state index contributed by atoms with van der Waals surface area (Å²) < 4.78 is 58.5. The molecule has 9 heteroatoms. The first-order valence-electron chi connectivity index (χ1n) is 8.12. The number of anilines is 4. The molecule has 0 unspecified atom stereocenters. The molecule has 0 amide bonds. The Hall–Kier alpha value is -3.36. The van der Waals surface area contributed by atoms with E-state index in [1.165, 1.54) is 43.3 Å². The average Bonchev–Trinajstić information content (AvgIpc) is 2.68. The van der Waals surface area contributed by atoms with E-state index in [9.17, 15) is 17.6 Å². The fourth-order valence-corrected chi connectivity index (χ4v) is 2.48. The van der Waals surface area contributed by atoms with E-state index in [1.807, 2.05) is 0 Å². The van der Waals surface area contributed by atoms with Gasteiger partial charge in [0.05, 0.1) is 7.11 Å². The highest BCUT2D eigenvalue weighted by atomic mass is 19.4. The number of benzene rings is 2. The highest BCUT2D eigenvalue weighted by Crippen LogP contribution is 2.38. The van der Waals surface area contributed by atoms with Crippen LogP contribution in [0.1, 0.15) is 5.56 Å². The summed E-state index contributed by atoms with van der Waals surface area (Å²) in [5.41, 5.74) is -0.0487. The molecule has 0 aliphatic carbocycles. The van der Waals surface area contributed by atoms with Crippen LogP contribution < -0.4 is 15.0 Å². The second kappa shape index (κ2) is 7.71. The monoisotopic (exact) mass is 392 g/mol. The summed E-state index contributed by atoms with van der Waals surface area (Å²) in [4.78, 5) is 9.08. The van der Waals surface area contributed by atoms with Crippen molar-refractivity contribution < 1.29 is 22.3 Å². The largest absolute Gasteiger partial charge is 0.497 e. The first-order valence-corrected chi connectivity index (χ1v) is 8.12. The Balaban J connectivity index is 1.98. The predicted octanol–water partition coefficient (Wildman–Crippen LogP) is 5.15. The van der Waals surface area contributed by atoms with Crippen molar-refractivity contribution in [2.24, 2.45) is 0 Å². The van der Waals surface area contributed by atoms with Gasteiger partial charge in [0, 0.05) is 24.6 Å². The number of halogens is 4. The minimum absolute atomic E-state index is 0.0463. The van der Waals surface area contributed by atoms with E-state index < -0.39 is 17.6 Å². The number of rotatable bonds is 5. The Morgan fingerprint density at radius 1 is 1.00 bits per heavy atom. The second-order valence-electron chi connectivity index (χ2n) is 5.82. The molecule has 146 valence electrons. The van der Waals surface area contributed by atoms with Crippen molar-refractivity contribution in [3.05, 3.63) is 66.1 Å². The lowest BCUT2D eigenvalue weighted by Gasteiger charge is -2.23. The van der Waals surface area contributed by atoms with Gasteiger partial charge in [0.1, 0.15) is 17.1 Å². The van der Waals surface area contributed by atoms with Crippen molar-refractivity contribution in [1.82, 2.24) is 9.97 Å². The standard InChI is InChI=1S/C19H16F4N4O/c1-27(14-7-9-15(28-2)10-8-14)17-16(19(21,22)23)11-24-18(26-17)25-13-5-3-12(20)4-6-13/h3-11H,1-2H3,(H,24,25,26). The summed E-state index contributed by atoms with van der Waals surface area (Å²) in [5.74, 6) is -0.222. The third-order valence-corrected chi connectivity index (χ3v) is 3.95. The molecule has 0 aliphatic heterocycles. The summed E-state index contributed by atoms with van der Waals surface area (Å²) in [6.45, 7) is 0. The number of alkyl halides is 3. The Bertz CT molecular complexity index is 944. The molecule has 0 radical (unpaired) electrons. The van der Waals surface area contributed by atoms with Gasteiger partial charge in [-0.15, -0.1) is 0 Å². The molecule has 1 N–H and O–H groups in total. The molecule has 1 heterocycles. The summed E-state index contributed by atoms with van der Waals surface area (Å²) in [7, 11) is 2.97. The van der Waals surface area contributed by atoms with E-state index in [2.05, 4.69) is 15.3 Å². The minimum atomic E-state index is -4.63. The zero-order chi connectivity index (χ0) is 20.3. The van der Waals surface area contributed by atoms with E-state index in [1.54, 1.807) is 24.3 Å². The van der Waals surface area contributed by atoms with Crippen LogP contribution in [0.2, 0.25) is 0 Å². The van der Waals surface area contributed by atoms with Gasteiger partial charge in [-0.3, -0.25) is 0 Å². The van der Waals surface area contributed by atoms with Gasteiger partial charge < -0.3 is 15.0 Å². The van der Waals surface area contributed by atoms with Crippen molar-refractivity contribution in [2.75, 3.05) is 24.4 Å². The second-order valence-corrected chi connectivity index (χ2v) is 5.82. The molecule has 3 rings (SSSR count). The van der Waals surface area contributed by atoms with Crippen LogP contribution in [0.5, 0.6) is 5.75 Å². The minimum Gasteiger partial charge on any atom is -0.497 e. The number of methoxy groups -OCH3 is 1. The molecule has 1 aromatic heterocycles. The maximum atomic E-state index is 13.5. The molecular weight excluding hydrogens is 376 g/mol. The highest BCUT2D eigenvalue weighted by molar-refractivity contribution is 5.65. The maximum Gasteiger partial charge on any atom is 0.421 e. The first-order chi connectivity index (χ1) is 13.3. The normalized spacial score (nSPS) is 11.2. The van der Waals surface area contributed by atoms with Crippen molar-refractivity contribution >= 4 is 23.1 Å². The van der Waals surface area contributed by atoms with E-state index in [0.717, 1.165) is 0 Å². The van der Waals surface area contributed by atoms with Gasteiger partial charge in [-0.05, 0) is 48.5 Å². The van der Waals surface area contributed by atoms with Gasteiger partial charge >= 0.3 is 6.18 Å². The zero-order valence-electron chi connectivity index (χ0n) is 15.0. The van der Waals surface area contributed by atoms with Crippen LogP contribution in [0, 0.1) is 5.82 Å². The molecule has 0 bridgehead atoms. The maximum absolute atomic E-state index is 13.5. The molecule has 0 spiro atoms. The average molecular weight is 392 g/mol. The zero-order valence-corrected chi connectivity index (χ0v) is 15.0. The van der Waals surface area contributed by atoms with Gasteiger partial charge in [0.25, 0.3) is 0 Å². The SMILES string of the molecule is COc1ccc(N(C)c2nc(Nc3ccc(F)cc3)ncc2C(F)(F)F)cc1. The molecule has 28 heavy (non-hydrogen) atoms. The van der Waals surface area contributed by atoms with Crippen LogP contribution >= 0.6 is 0 Å². The smallest absolute Gasteiger partial charge is 0.421 e. The van der Waals surface area contributed by atoms with Gasteiger partial charge in [-0.2, -0.15) is 18.2 Å². The van der Waals surface area contributed by atoms with Crippen LogP contribution in [-0.2, 0) is 6.18 Å². The van der Waals surface area contributed by atoms with Crippen molar-refractivity contribution in [3.8, 4) is 5.75 Å². The van der Waals surface area contributed by atoms with Crippen LogP contribution in [-0.4, -0.2) is 24.1 Å². The van der Waals surface area contributed by atoms with E-state index in [4.69, 9.17) is 4.74 Å². The van der Waals surface area contributed by atoms with Gasteiger partial charge in [0.15, 0.2) is 5.82 Å². The number of hydrogen-bond donors (Lipinski definition) is 1. The molecule has 0 saturated heterocycles. The predicted molar refractivity (Wildman–Crippen MR) is 97.8 cm³/mol. The molecule has 0 aliphatic rings. The van der Waals surface area contributed by atoms with E-state index in [-0.39, 0.29) is 11.8 Å². The van der Waals surface area contributed by atoms with Crippen molar-refractivity contribution in [3.63, 3.8) is 0 Å². The molecule has 2 aromatic carbocycles. The van der Waals surface area contributed by atoms with Crippen LogP contribution in [0.15, 0.2) is 54.7 Å². The summed E-state index contributed by atoms with van der Waals surface area (Å²) in [6.07, 6.45) is -3.92. The molecular formula is C19H16F4N4O. The lowest BCUT2D eigenvalue weighted by Crippen LogP contribution is -2.19. The summed E-state index contributed by atoms with van der Waals surface area (Å²) in [6, 6.07) is 11.8. The van der Waals surface area contributed by atoms with E-state index in [0.29, 0.717) is 23.3 Å². The number of nitrogens with zero attached hydrogens (tertiary/aromatic N) is 3. The van der Waals surface area contributed by atoms with Crippen molar-refractivity contribution in [1.29, 1.82) is 0 Å². The lowest BCUT2D eigenvalue weighted by molar-refractivity contribution is -0.137. The Kier molecular flexibility index (Phi) is 5.34. The molecule has 0 atom stereocenters. The summed E-state index contributed by atoms with van der Waals surface area (Å²) in [5, 5.41) is 2.77. The van der Waals surface area contributed by atoms with Crippen LogP contribution in [0.4, 0.5) is 40.7 Å². The van der Waals surface area contributed by atoms with Gasteiger partial charge in [-0.1, -0.05) is 0 Å². The fraction of sp³-hybridized carbons (Fsp3) is 0.158.